The Hall–Kier alpha value is -1.56. The summed E-state index contributed by atoms with van der Waals surface area (Å²) in [7, 11) is -3.52. The van der Waals surface area contributed by atoms with Gasteiger partial charge in [-0.15, -0.1) is 0 Å². The van der Waals surface area contributed by atoms with Crippen LogP contribution in [0.5, 0.6) is 0 Å². The van der Waals surface area contributed by atoms with Gasteiger partial charge in [-0.05, 0) is 38.5 Å². The maximum atomic E-state index is 11.9. The summed E-state index contributed by atoms with van der Waals surface area (Å²) in [5.74, 6) is -0.311. The first kappa shape index (κ1) is 15.5. The molecule has 1 N–H and O–H groups in total. The predicted octanol–water partition coefficient (Wildman–Crippen LogP) is 1.29. The number of benzene rings is 1. The minimum absolute atomic E-state index is 0.311. The molecule has 0 aliphatic rings. The number of hydrogen-bond donors (Lipinski definition) is 1. The van der Waals surface area contributed by atoms with E-state index in [4.69, 9.17) is 0 Å². The van der Waals surface area contributed by atoms with E-state index >= 15 is 0 Å². The normalized spacial score (nSPS) is 12.8. The van der Waals surface area contributed by atoms with Crippen LogP contribution in [0.3, 0.4) is 0 Å². The molecule has 0 spiro atoms. The number of likely N-dealkylation sites (N-methyl/N-ethyl adjacent to an activating group) is 1. The molecule has 1 rings (SSSR count). The molecular formula is C13H20N2O3S. The fourth-order valence-corrected chi connectivity index (χ4v) is 3.06. The smallest absolute Gasteiger partial charge is 0.243 e. The van der Waals surface area contributed by atoms with Gasteiger partial charge in [0.2, 0.25) is 15.9 Å². The summed E-state index contributed by atoms with van der Waals surface area (Å²) in [6.45, 7) is 5.71. The van der Waals surface area contributed by atoms with Crippen LogP contribution in [0.4, 0.5) is 5.69 Å². The second-order valence-electron chi connectivity index (χ2n) is 4.47. The first-order valence-electron chi connectivity index (χ1n) is 6.11. The van der Waals surface area contributed by atoms with E-state index < -0.39 is 16.1 Å². The van der Waals surface area contributed by atoms with E-state index in [-0.39, 0.29) is 5.91 Å². The van der Waals surface area contributed by atoms with Crippen molar-refractivity contribution < 1.29 is 13.2 Å². The van der Waals surface area contributed by atoms with Crippen LogP contribution in [-0.2, 0) is 14.8 Å². The van der Waals surface area contributed by atoms with E-state index in [2.05, 4.69) is 5.32 Å². The molecule has 0 radical (unpaired) electrons. The monoisotopic (exact) mass is 284 g/mol. The molecule has 0 bridgehead atoms. The van der Waals surface area contributed by atoms with Crippen LogP contribution in [0.25, 0.3) is 0 Å². The SMILES string of the molecule is CCNC(=O)[C@H](C)N(c1cccc(C)c1)S(C)(=O)=O. The van der Waals surface area contributed by atoms with Crippen LogP contribution in [0, 0.1) is 6.92 Å². The van der Waals surface area contributed by atoms with E-state index in [9.17, 15) is 13.2 Å². The molecule has 1 aromatic rings. The highest BCUT2D eigenvalue weighted by Gasteiger charge is 2.28. The molecular weight excluding hydrogens is 264 g/mol. The van der Waals surface area contributed by atoms with Gasteiger partial charge in [0.05, 0.1) is 11.9 Å². The molecule has 0 saturated carbocycles. The minimum Gasteiger partial charge on any atom is -0.355 e. The van der Waals surface area contributed by atoms with Gasteiger partial charge in [0.25, 0.3) is 0 Å². The summed E-state index contributed by atoms with van der Waals surface area (Å²) < 4.78 is 25.0. The number of nitrogens with zero attached hydrogens (tertiary/aromatic N) is 1. The number of carbonyl (C=O) groups excluding carboxylic acids is 1. The van der Waals surface area contributed by atoms with E-state index in [0.29, 0.717) is 12.2 Å². The minimum atomic E-state index is -3.52. The average Bonchev–Trinajstić information content (AvgIpc) is 2.27. The number of anilines is 1. The third kappa shape index (κ3) is 3.96. The molecule has 0 aliphatic carbocycles. The van der Waals surface area contributed by atoms with Crippen LogP contribution in [-0.4, -0.2) is 33.2 Å². The molecule has 0 aromatic heterocycles. The zero-order chi connectivity index (χ0) is 14.6. The van der Waals surface area contributed by atoms with Crippen LogP contribution in [0.1, 0.15) is 19.4 Å². The maximum Gasteiger partial charge on any atom is 0.243 e. The van der Waals surface area contributed by atoms with Gasteiger partial charge in [0.1, 0.15) is 6.04 Å². The Morgan fingerprint density at radius 3 is 2.53 bits per heavy atom. The lowest BCUT2D eigenvalue weighted by atomic mass is 10.2. The Morgan fingerprint density at radius 2 is 2.05 bits per heavy atom. The maximum absolute atomic E-state index is 11.9. The Bertz CT molecular complexity index is 555. The first-order valence-corrected chi connectivity index (χ1v) is 7.96. The Kier molecular flexibility index (Phi) is 4.94. The molecule has 106 valence electrons. The number of hydrogen-bond acceptors (Lipinski definition) is 3. The summed E-state index contributed by atoms with van der Waals surface area (Å²) >= 11 is 0. The average molecular weight is 284 g/mol. The lowest BCUT2D eigenvalue weighted by molar-refractivity contribution is -0.121. The predicted molar refractivity (Wildman–Crippen MR) is 76.6 cm³/mol. The molecule has 0 aliphatic heterocycles. The highest BCUT2D eigenvalue weighted by molar-refractivity contribution is 7.92. The largest absolute Gasteiger partial charge is 0.355 e. The molecule has 1 aromatic carbocycles. The zero-order valence-corrected chi connectivity index (χ0v) is 12.5. The van der Waals surface area contributed by atoms with Crippen molar-refractivity contribution in [3.8, 4) is 0 Å². The highest BCUT2D eigenvalue weighted by atomic mass is 32.2. The van der Waals surface area contributed by atoms with Gasteiger partial charge in [-0.3, -0.25) is 9.10 Å². The van der Waals surface area contributed by atoms with Crippen molar-refractivity contribution in [1.29, 1.82) is 0 Å². The third-order valence-corrected chi connectivity index (χ3v) is 3.94. The second-order valence-corrected chi connectivity index (χ2v) is 6.33. The number of nitrogens with one attached hydrogen (secondary N) is 1. The quantitative estimate of drug-likeness (QED) is 0.886. The van der Waals surface area contributed by atoms with Crippen molar-refractivity contribution in [2.24, 2.45) is 0 Å². The highest BCUT2D eigenvalue weighted by Crippen LogP contribution is 2.21. The lowest BCUT2D eigenvalue weighted by Crippen LogP contribution is -2.47. The van der Waals surface area contributed by atoms with E-state index in [0.717, 1.165) is 16.1 Å². The van der Waals surface area contributed by atoms with Gasteiger partial charge in [-0.2, -0.15) is 0 Å². The number of aryl methyl sites for hydroxylation is 1. The Balaban J connectivity index is 3.20. The molecule has 0 saturated heterocycles. The van der Waals surface area contributed by atoms with Crippen LogP contribution in [0.15, 0.2) is 24.3 Å². The summed E-state index contributed by atoms with van der Waals surface area (Å²) in [5, 5.41) is 2.64. The van der Waals surface area contributed by atoms with Crippen LogP contribution < -0.4 is 9.62 Å². The molecule has 6 heteroatoms. The Labute approximate surface area is 114 Å². The summed E-state index contributed by atoms with van der Waals surface area (Å²) in [5.41, 5.74) is 1.44. The van der Waals surface area contributed by atoms with Gasteiger partial charge in [0, 0.05) is 6.54 Å². The summed E-state index contributed by atoms with van der Waals surface area (Å²) in [6.07, 6.45) is 1.10. The number of sulfonamides is 1. The summed E-state index contributed by atoms with van der Waals surface area (Å²) in [6, 6.07) is 6.30. The van der Waals surface area contributed by atoms with Crippen LogP contribution >= 0.6 is 0 Å². The third-order valence-electron chi connectivity index (χ3n) is 2.70. The molecule has 1 atom stereocenters. The van der Waals surface area contributed by atoms with E-state index in [1.807, 2.05) is 13.0 Å². The van der Waals surface area contributed by atoms with Crippen molar-refractivity contribution in [3.63, 3.8) is 0 Å². The second kappa shape index (κ2) is 6.06. The topological polar surface area (TPSA) is 66.5 Å². The van der Waals surface area contributed by atoms with E-state index in [1.54, 1.807) is 32.0 Å². The van der Waals surface area contributed by atoms with Crippen molar-refractivity contribution >= 4 is 21.6 Å². The van der Waals surface area contributed by atoms with Gasteiger partial charge in [-0.1, -0.05) is 12.1 Å². The van der Waals surface area contributed by atoms with Crippen molar-refractivity contribution in [2.45, 2.75) is 26.8 Å². The number of carbonyl (C=O) groups is 1. The molecule has 0 heterocycles. The standard InChI is InChI=1S/C13H20N2O3S/c1-5-14-13(16)11(3)15(19(4,17)18)12-8-6-7-10(2)9-12/h6-9,11H,5H2,1-4H3,(H,14,16)/t11-/m0/s1. The molecule has 0 unspecified atom stereocenters. The van der Waals surface area contributed by atoms with Gasteiger partial charge in [0.15, 0.2) is 0 Å². The molecule has 0 fully saturated rings. The zero-order valence-electron chi connectivity index (χ0n) is 11.7. The van der Waals surface area contributed by atoms with Crippen LogP contribution in [0.2, 0.25) is 0 Å². The fraction of sp³-hybridized carbons (Fsp3) is 0.462. The number of amides is 1. The molecule has 5 nitrogen and oxygen atoms in total. The fourth-order valence-electron chi connectivity index (χ4n) is 1.90. The Morgan fingerprint density at radius 1 is 1.42 bits per heavy atom. The van der Waals surface area contributed by atoms with Gasteiger partial charge in [-0.25, -0.2) is 8.42 Å². The lowest BCUT2D eigenvalue weighted by Gasteiger charge is -2.28. The van der Waals surface area contributed by atoms with Crippen molar-refractivity contribution in [1.82, 2.24) is 5.32 Å². The first-order chi connectivity index (χ1) is 8.77. The van der Waals surface area contributed by atoms with Crippen molar-refractivity contribution in [2.75, 3.05) is 17.1 Å². The van der Waals surface area contributed by atoms with Gasteiger partial charge < -0.3 is 5.32 Å². The number of rotatable bonds is 5. The van der Waals surface area contributed by atoms with Gasteiger partial charge >= 0.3 is 0 Å². The van der Waals surface area contributed by atoms with Crippen molar-refractivity contribution in [3.05, 3.63) is 29.8 Å². The molecule has 19 heavy (non-hydrogen) atoms. The van der Waals surface area contributed by atoms with E-state index in [1.165, 1.54) is 0 Å². The summed E-state index contributed by atoms with van der Waals surface area (Å²) in [4.78, 5) is 11.9. The molecule has 1 amide bonds.